The first kappa shape index (κ1) is 24.9. The van der Waals surface area contributed by atoms with E-state index in [2.05, 4.69) is 36.1 Å². The number of carbonyl (C=O) groups is 1. The molecule has 0 atom stereocenters. The van der Waals surface area contributed by atoms with Gasteiger partial charge in [-0.05, 0) is 49.2 Å². The molecule has 6 heteroatoms. The highest BCUT2D eigenvalue weighted by atomic mass is 16.7. The number of aryl methyl sites for hydroxylation is 2. The number of quaternary nitrogens is 1. The highest BCUT2D eigenvalue weighted by Crippen LogP contribution is 2.33. The van der Waals surface area contributed by atoms with Gasteiger partial charge in [0.05, 0.1) is 31.9 Å². The van der Waals surface area contributed by atoms with E-state index in [9.17, 15) is 4.79 Å². The fourth-order valence-corrected chi connectivity index (χ4v) is 4.73. The molecular weight excluding hydrogens is 440 g/mol. The zero-order chi connectivity index (χ0) is 24.7. The molecule has 0 aromatic heterocycles. The number of rotatable bonds is 9. The Bertz CT molecular complexity index is 1120. The van der Waals surface area contributed by atoms with E-state index in [1.165, 1.54) is 11.3 Å². The topological polar surface area (TPSA) is 48.0 Å². The summed E-state index contributed by atoms with van der Waals surface area (Å²) < 4.78 is 16.4. The quantitative estimate of drug-likeness (QED) is 0.248. The lowest BCUT2D eigenvalue weighted by molar-refractivity contribution is -0.00848. The van der Waals surface area contributed by atoms with Crippen LogP contribution in [0.2, 0.25) is 0 Å². The second-order valence-corrected chi connectivity index (χ2v) is 8.97. The molecule has 3 aromatic carbocycles. The SMILES string of the molecule is COCCOCOc1ccc([N+]2(C(=O)c3ccccc3C)CCN(c3ccccc3C)CC2)cc1. The van der Waals surface area contributed by atoms with Crippen molar-refractivity contribution in [2.45, 2.75) is 13.8 Å². The minimum Gasteiger partial charge on any atom is -0.468 e. The van der Waals surface area contributed by atoms with Gasteiger partial charge < -0.3 is 19.1 Å². The van der Waals surface area contributed by atoms with Crippen molar-refractivity contribution < 1.29 is 19.0 Å². The van der Waals surface area contributed by atoms with Crippen molar-refractivity contribution in [3.63, 3.8) is 0 Å². The Morgan fingerprint density at radius 2 is 1.51 bits per heavy atom. The van der Waals surface area contributed by atoms with Gasteiger partial charge in [-0.25, -0.2) is 9.28 Å². The molecule has 1 saturated heterocycles. The van der Waals surface area contributed by atoms with Gasteiger partial charge in [0.2, 0.25) is 0 Å². The first-order valence-corrected chi connectivity index (χ1v) is 12.1. The van der Waals surface area contributed by atoms with E-state index in [4.69, 9.17) is 14.2 Å². The van der Waals surface area contributed by atoms with Crippen LogP contribution in [0.25, 0.3) is 0 Å². The van der Waals surface area contributed by atoms with Crippen LogP contribution in [0, 0.1) is 13.8 Å². The van der Waals surface area contributed by atoms with Gasteiger partial charge in [-0.3, -0.25) is 0 Å². The van der Waals surface area contributed by atoms with E-state index < -0.39 is 0 Å². The highest BCUT2D eigenvalue weighted by molar-refractivity contribution is 6.03. The number of amides is 1. The van der Waals surface area contributed by atoms with Crippen molar-refractivity contribution in [1.29, 1.82) is 0 Å². The van der Waals surface area contributed by atoms with Crippen molar-refractivity contribution in [3.05, 3.63) is 89.5 Å². The number of ether oxygens (including phenoxy) is 3. The van der Waals surface area contributed by atoms with Crippen LogP contribution >= 0.6 is 0 Å². The van der Waals surface area contributed by atoms with Crippen LogP contribution in [0.1, 0.15) is 21.5 Å². The summed E-state index contributed by atoms with van der Waals surface area (Å²) in [5.74, 6) is 0.857. The Balaban J connectivity index is 1.58. The molecule has 0 N–H and O–H groups in total. The van der Waals surface area contributed by atoms with Crippen LogP contribution in [0.4, 0.5) is 11.4 Å². The van der Waals surface area contributed by atoms with Gasteiger partial charge in [-0.2, -0.15) is 0 Å². The molecule has 1 aliphatic rings. The third kappa shape index (κ3) is 5.56. The number of nitrogens with zero attached hydrogens (tertiary/aromatic N) is 2. The minimum atomic E-state index is 0.143. The molecule has 0 saturated carbocycles. The Kier molecular flexibility index (Phi) is 8.18. The predicted molar refractivity (Wildman–Crippen MR) is 140 cm³/mol. The molecule has 1 amide bonds. The number of methoxy groups -OCH3 is 1. The van der Waals surface area contributed by atoms with Crippen LogP contribution in [0.3, 0.4) is 0 Å². The Morgan fingerprint density at radius 1 is 0.857 bits per heavy atom. The molecule has 35 heavy (non-hydrogen) atoms. The molecule has 0 aliphatic carbocycles. The molecule has 0 radical (unpaired) electrons. The van der Waals surface area contributed by atoms with E-state index in [1.807, 2.05) is 55.5 Å². The summed E-state index contributed by atoms with van der Waals surface area (Å²) in [6.45, 7) is 8.32. The van der Waals surface area contributed by atoms with Gasteiger partial charge in [0.15, 0.2) is 6.79 Å². The molecule has 0 bridgehead atoms. The minimum absolute atomic E-state index is 0.143. The number of hydrogen-bond acceptors (Lipinski definition) is 5. The fourth-order valence-electron chi connectivity index (χ4n) is 4.73. The van der Waals surface area contributed by atoms with Crippen LogP contribution in [0.15, 0.2) is 72.8 Å². The maximum Gasteiger partial charge on any atom is 0.351 e. The lowest BCUT2D eigenvalue weighted by Crippen LogP contribution is -2.64. The molecular formula is C29H35N2O4+. The third-order valence-corrected chi connectivity index (χ3v) is 6.80. The van der Waals surface area contributed by atoms with Crippen molar-refractivity contribution in [1.82, 2.24) is 4.48 Å². The normalized spacial score (nSPS) is 15.1. The number of carbonyl (C=O) groups excluding carboxylic acids is 1. The third-order valence-electron chi connectivity index (χ3n) is 6.80. The Labute approximate surface area is 208 Å². The van der Waals surface area contributed by atoms with Crippen LogP contribution in [-0.2, 0) is 9.47 Å². The number of hydrogen-bond donors (Lipinski definition) is 0. The second-order valence-electron chi connectivity index (χ2n) is 8.97. The maximum absolute atomic E-state index is 14.1. The molecule has 4 rings (SSSR count). The Hall–Kier alpha value is -3.19. The molecule has 0 spiro atoms. The first-order valence-electron chi connectivity index (χ1n) is 12.1. The lowest BCUT2D eigenvalue weighted by atomic mass is 10.0. The molecule has 6 nitrogen and oxygen atoms in total. The monoisotopic (exact) mass is 475 g/mol. The standard InChI is InChI=1S/C29H35N2O4/c1-23-8-4-6-10-27(23)29(32)31(18-16-30(17-19-31)28-11-7-5-9-24(28)2)25-12-14-26(15-13-25)35-22-34-21-20-33-3/h4-15H,16-22H2,1-3H3/q+1. The van der Waals surface area contributed by atoms with Crippen LogP contribution in [0.5, 0.6) is 5.75 Å². The Morgan fingerprint density at radius 3 is 2.17 bits per heavy atom. The van der Waals surface area contributed by atoms with Crippen molar-refractivity contribution in [2.75, 3.05) is 58.2 Å². The van der Waals surface area contributed by atoms with Gasteiger partial charge in [0.25, 0.3) is 0 Å². The number of benzene rings is 3. The second kappa shape index (κ2) is 11.5. The van der Waals surface area contributed by atoms with E-state index >= 15 is 0 Å². The van der Waals surface area contributed by atoms with Crippen molar-refractivity contribution >= 4 is 17.3 Å². The van der Waals surface area contributed by atoms with Gasteiger partial charge in [-0.1, -0.05) is 36.4 Å². The lowest BCUT2D eigenvalue weighted by Gasteiger charge is -2.43. The van der Waals surface area contributed by atoms with Crippen molar-refractivity contribution in [3.8, 4) is 5.75 Å². The van der Waals surface area contributed by atoms with Crippen LogP contribution < -0.4 is 14.1 Å². The summed E-state index contributed by atoms with van der Waals surface area (Å²) in [7, 11) is 1.64. The zero-order valence-electron chi connectivity index (χ0n) is 20.9. The fraction of sp³-hybridized carbons (Fsp3) is 0.345. The molecule has 1 heterocycles. The van der Waals surface area contributed by atoms with Gasteiger partial charge in [0, 0.05) is 24.9 Å². The molecule has 184 valence electrons. The predicted octanol–water partition coefficient (Wildman–Crippen LogP) is 4.97. The van der Waals surface area contributed by atoms with Gasteiger partial charge >= 0.3 is 5.91 Å². The summed E-state index contributed by atoms with van der Waals surface area (Å²) in [4.78, 5) is 16.5. The van der Waals surface area contributed by atoms with E-state index in [-0.39, 0.29) is 17.2 Å². The maximum atomic E-state index is 14.1. The van der Waals surface area contributed by atoms with E-state index in [1.54, 1.807) is 7.11 Å². The summed E-state index contributed by atoms with van der Waals surface area (Å²) in [5, 5.41) is 0. The number of para-hydroxylation sites is 1. The molecule has 3 aromatic rings. The molecule has 0 unspecified atom stereocenters. The average molecular weight is 476 g/mol. The number of piperazine rings is 1. The van der Waals surface area contributed by atoms with E-state index in [0.717, 1.165) is 29.9 Å². The van der Waals surface area contributed by atoms with Gasteiger partial charge in [-0.15, -0.1) is 0 Å². The first-order chi connectivity index (χ1) is 17.0. The summed E-state index contributed by atoms with van der Waals surface area (Å²) in [5.41, 5.74) is 5.27. The van der Waals surface area contributed by atoms with E-state index in [0.29, 0.717) is 32.1 Å². The molecule has 1 fully saturated rings. The zero-order valence-corrected chi connectivity index (χ0v) is 20.9. The molecule has 1 aliphatic heterocycles. The average Bonchev–Trinajstić information content (AvgIpc) is 2.89. The highest BCUT2D eigenvalue weighted by Gasteiger charge is 2.43. The van der Waals surface area contributed by atoms with Gasteiger partial charge in [0.1, 0.15) is 24.5 Å². The summed E-state index contributed by atoms with van der Waals surface area (Å²) in [6, 6.07) is 24.2. The smallest absolute Gasteiger partial charge is 0.351 e. The number of anilines is 1. The summed E-state index contributed by atoms with van der Waals surface area (Å²) in [6.07, 6.45) is 0. The van der Waals surface area contributed by atoms with Crippen molar-refractivity contribution in [2.24, 2.45) is 0 Å². The van der Waals surface area contributed by atoms with Crippen LogP contribution in [-0.4, -0.2) is 59.2 Å². The largest absolute Gasteiger partial charge is 0.468 e. The summed E-state index contributed by atoms with van der Waals surface area (Å²) >= 11 is 0.